The van der Waals surface area contributed by atoms with Crippen molar-refractivity contribution in [2.75, 3.05) is 0 Å². The molecule has 0 spiro atoms. The van der Waals surface area contributed by atoms with Crippen molar-refractivity contribution in [1.82, 2.24) is 19.9 Å². The molecule has 128 valence electrons. The van der Waals surface area contributed by atoms with Gasteiger partial charge >= 0.3 is 0 Å². The van der Waals surface area contributed by atoms with Crippen molar-refractivity contribution < 1.29 is 4.92 Å². The number of imidazole rings is 1. The normalized spacial score (nSPS) is 10.9. The van der Waals surface area contributed by atoms with Gasteiger partial charge in [0.05, 0.1) is 4.92 Å². The summed E-state index contributed by atoms with van der Waals surface area (Å²) in [5.74, 6) is 1.40. The molecule has 7 nitrogen and oxygen atoms in total. The summed E-state index contributed by atoms with van der Waals surface area (Å²) in [6.45, 7) is 0. The number of fused-ring (bicyclic) bond motifs is 1. The Morgan fingerprint density at radius 2 is 1.81 bits per heavy atom. The molecule has 0 atom stereocenters. The summed E-state index contributed by atoms with van der Waals surface area (Å²) < 4.78 is 0. The molecule has 2 aromatic carbocycles. The van der Waals surface area contributed by atoms with Crippen molar-refractivity contribution in [3.63, 3.8) is 0 Å². The Bertz CT molecular complexity index is 1060. The van der Waals surface area contributed by atoms with Gasteiger partial charge in [-0.25, -0.2) is 15.0 Å². The number of aromatic amines is 1. The lowest BCUT2D eigenvalue weighted by molar-refractivity contribution is -0.384. The Hall–Kier alpha value is -3.26. The van der Waals surface area contributed by atoms with Gasteiger partial charge in [0, 0.05) is 23.4 Å². The van der Waals surface area contributed by atoms with E-state index in [1.54, 1.807) is 23.9 Å². The summed E-state index contributed by atoms with van der Waals surface area (Å²) in [4.78, 5) is 26.7. The molecule has 0 fully saturated rings. The highest BCUT2D eigenvalue weighted by atomic mass is 32.2. The zero-order valence-corrected chi connectivity index (χ0v) is 14.3. The predicted octanol–water partition coefficient (Wildman–Crippen LogP) is 4.22. The number of H-pyrrole nitrogens is 1. The number of benzene rings is 2. The van der Waals surface area contributed by atoms with Gasteiger partial charge in [-0.15, -0.1) is 0 Å². The van der Waals surface area contributed by atoms with Crippen LogP contribution in [0.25, 0.3) is 22.6 Å². The van der Waals surface area contributed by atoms with E-state index in [0.29, 0.717) is 11.5 Å². The molecule has 0 aliphatic rings. The van der Waals surface area contributed by atoms with E-state index in [-0.39, 0.29) is 5.69 Å². The van der Waals surface area contributed by atoms with Gasteiger partial charge in [0.15, 0.2) is 5.65 Å². The van der Waals surface area contributed by atoms with Crippen LogP contribution in [-0.2, 0) is 5.75 Å². The van der Waals surface area contributed by atoms with Crippen LogP contribution in [0.15, 0.2) is 66.0 Å². The van der Waals surface area contributed by atoms with Crippen LogP contribution in [-0.4, -0.2) is 24.9 Å². The molecule has 4 rings (SSSR count). The lowest BCUT2D eigenvalue weighted by Gasteiger charge is -2.01. The molecule has 2 aromatic heterocycles. The third-order valence-electron chi connectivity index (χ3n) is 3.82. The summed E-state index contributed by atoms with van der Waals surface area (Å²) in [6.07, 6.45) is 1.50. The number of hydrogen-bond donors (Lipinski definition) is 1. The van der Waals surface area contributed by atoms with Crippen LogP contribution in [0.2, 0.25) is 0 Å². The molecule has 0 amide bonds. The van der Waals surface area contributed by atoms with Crippen molar-refractivity contribution in [2.24, 2.45) is 0 Å². The van der Waals surface area contributed by atoms with Gasteiger partial charge < -0.3 is 4.98 Å². The number of rotatable bonds is 5. The average molecular weight is 363 g/mol. The Morgan fingerprint density at radius 3 is 2.54 bits per heavy atom. The van der Waals surface area contributed by atoms with Crippen molar-refractivity contribution in [3.8, 4) is 11.4 Å². The molecule has 0 saturated heterocycles. The van der Waals surface area contributed by atoms with Gasteiger partial charge in [0.2, 0.25) is 0 Å². The number of non-ortho nitro benzene ring substituents is 1. The summed E-state index contributed by atoms with van der Waals surface area (Å²) in [5.41, 5.74) is 3.35. The Kier molecular flexibility index (Phi) is 4.32. The van der Waals surface area contributed by atoms with Gasteiger partial charge in [0.1, 0.15) is 22.7 Å². The molecule has 0 radical (unpaired) electrons. The smallest absolute Gasteiger partial charge is 0.269 e. The highest BCUT2D eigenvalue weighted by Crippen LogP contribution is 2.28. The fourth-order valence-electron chi connectivity index (χ4n) is 2.52. The third-order valence-corrected chi connectivity index (χ3v) is 4.88. The number of aromatic nitrogens is 4. The Morgan fingerprint density at radius 1 is 1.04 bits per heavy atom. The number of nitrogens with zero attached hydrogens (tertiary/aromatic N) is 4. The minimum absolute atomic E-state index is 0.0451. The van der Waals surface area contributed by atoms with Gasteiger partial charge in [-0.2, -0.15) is 0 Å². The van der Waals surface area contributed by atoms with Crippen LogP contribution < -0.4 is 0 Å². The van der Waals surface area contributed by atoms with Crippen LogP contribution in [0.5, 0.6) is 0 Å². The van der Waals surface area contributed by atoms with Crippen LogP contribution in [0.1, 0.15) is 5.56 Å². The number of nitro benzene ring substituents is 1. The largest absolute Gasteiger partial charge is 0.334 e. The second-order valence-electron chi connectivity index (χ2n) is 5.54. The number of thioether (sulfide) groups is 1. The van der Waals surface area contributed by atoms with E-state index in [9.17, 15) is 10.1 Å². The monoisotopic (exact) mass is 363 g/mol. The Labute approximate surface area is 152 Å². The summed E-state index contributed by atoms with van der Waals surface area (Å²) in [5, 5.41) is 11.6. The maximum absolute atomic E-state index is 10.8. The summed E-state index contributed by atoms with van der Waals surface area (Å²) >= 11 is 1.61. The molecule has 0 unspecified atom stereocenters. The third kappa shape index (κ3) is 3.27. The van der Waals surface area contributed by atoms with Crippen LogP contribution >= 0.6 is 11.8 Å². The van der Waals surface area contributed by atoms with Crippen LogP contribution in [0, 0.1) is 10.1 Å². The second kappa shape index (κ2) is 6.93. The molecule has 0 bridgehead atoms. The highest BCUT2D eigenvalue weighted by molar-refractivity contribution is 7.98. The molecule has 2 heterocycles. The first kappa shape index (κ1) is 16.2. The Balaban J connectivity index is 1.63. The first-order valence-electron chi connectivity index (χ1n) is 7.83. The van der Waals surface area contributed by atoms with Gasteiger partial charge in [-0.05, 0) is 17.7 Å². The number of nitro groups is 1. The van der Waals surface area contributed by atoms with Crippen molar-refractivity contribution in [1.29, 1.82) is 0 Å². The number of hydrogen-bond acceptors (Lipinski definition) is 6. The zero-order valence-electron chi connectivity index (χ0n) is 13.5. The van der Waals surface area contributed by atoms with Crippen molar-refractivity contribution in [2.45, 2.75) is 10.8 Å². The van der Waals surface area contributed by atoms with E-state index >= 15 is 0 Å². The summed E-state index contributed by atoms with van der Waals surface area (Å²) in [6, 6.07) is 16.4. The van der Waals surface area contributed by atoms with Gasteiger partial charge in [-0.1, -0.05) is 42.1 Å². The molecular formula is C18H13N5O2S. The van der Waals surface area contributed by atoms with E-state index < -0.39 is 4.92 Å². The van der Waals surface area contributed by atoms with E-state index in [1.165, 1.54) is 24.0 Å². The molecule has 0 aliphatic heterocycles. The average Bonchev–Trinajstić information content (AvgIpc) is 3.12. The fraction of sp³-hybridized carbons (Fsp3) is 0.0556. The quantitative estimate of drug-likeness (QED) is 0.247. The minimum Gasteiger partial charge on any atom is -0.334 e. The van der Waals surface area contributed by atoms with Crippen LogP contribution in [0.4, 0.5) is 5.69 Å². The van der Waals surface area contributed by atoms with Crippen molar-refractivity contribution >= 4 is 28.6 Å². The zero-order chi connectivity index (χ0) is 17.9. The second-order valence-corrected chi connectivity index (χ2v) is 6.51. The fourth-order valence-corrected chi connectivity index (χ4v) is 3.42. The van der Waals surface area contributed by atoms with Gasteiger partial charge in [0.25, 0.3) is 5.69 Å². The van der Waals surface area contributed by atoms with Crippen LogP contribution in [0.3, 0.4) is 0 Å². The topological polar surface area (TPSA) is 97.6 Å². The first-order chi connectivity index (χ1) is 12.7. The van der Waals surface area contributed by atoms with E-state index in [4.69, 9.17) is 0 Å². The van der Waals surface area contributed by atoms with E-state index in [0.717, 1.165) is 21.9 Å². The SMILES string of the molecule is O=[N+]([O-])c1ccc(-c2nc3ncnc(SCc4ccccc4)c3[nH]2)cc1. The molecule has 0 aliphatic carbocycles. The summed E-state index contributed by atoms with van der Waals surface area (Å²) in [7, 11) is 0. The molecule has 0 saturated carbocycles. The number of nitrogens with one attached hydrogen (secondary N) is 1. The molecule has 4 aromatic rings. The minimum atomic E-state index is -0.424. The standard InChI is InChI=1S/C18H13N5O2S/c24-23(25)14-8-6-13(7-9-14)16-21-15-17(22-16)19-11-20-18(15)26-10-12-4-2-1-3-5-12/h1-9,11H,10H2,(H,19,20,21,22). The molecule has 1 N–H and O–H groups in total. The predicted molar refractivity (Wildman–Crippen MR) is 99.8 cm³/mol. The lowest BCUT2D eigenvalue weighted by atomic mass is 10.2. The van der Waals surface area contributed by atoms with E-state index in [2.05, 4.69) is 32.1 Å². The maximum Gasteiger partial charge on any atom is 0.269 e. The van der Waals surface area contributed by atoms with Gasteiger partial charge in [-0.3, -0.25) is 10.1 Å². The molecule has 26 heavy (non-hydrogen) atoms. The highest BCUT2D eigenvalue weighted by Gasteiger charge is 2.13. The molecule has 8 heteroatoms. The lowest BCUT2D eigenvalue weighted by Crippen LogP contribution is -1.87. The van der Waals surface area contributed by atoms with E-state index in [1.807, 2.05) is 18.2 Å². The first-order valence-corrected chi connectivity index (χ1v) is 8.81. The maximum atomic E-state index is 10.8. The van der Waals surface area contributed by atoms with Crippen molar-refractivity contribution in [3.05, 3.63) is 76.6 Å². The molecular weight excluding hydrogens is 350 g/mol.